The first-order valence-corrected chi connectivity index (χ1v) is 6.96. The number of ether oxygens (including phenoxy) is 1. The standard InChI is InChI=1S/C15H18N4O2/c1-21-7-6-19-10-13(9-17-19)18-15(20)12-2-3-14-11(8-12)4-5-16-14/h2-3,8-10,16H,4-7H2,1H3,(H,18,20). The number of amides is 1. The monoisotopic (exact) mass is 286 g/mol. The second kappa shape index (κ2) is 5.97. The van der Waals surface area contributed by atoms with Crippen LogP contribution in [0.5, 0.6) is 0 Å². The van der Waals surface area contributed by atoms with Crippen molar-refractivity contribution in [3.05, 3.63) is 41.7 Å². The molecule has 0 fully saturated rings. The van der Waals surface area contributed by atoms with Crippen LogP contribution in [-0.4, -0.2) is 35.9 Å². The van der Waals surface area contributed by atoms with Crippen molar-refractivity contribution in [3.8, 4) is 0 Å². The van der Waals surface area contributed by atoms with Crippen LogP contribution in [0, 0.1) is 0 Å². The first kappa shape index (κ1) is 13.6. The van der Waals surface area contributed by atoms with E-state index in [0.717, 1.165) is 18.7 Å². The Kier molecular flexibility index (Phi) is 3.87. The maximum Gasteiger partial charge on any atom is 0.255 e. The van der Waals surface area contributed by atoms with E-state index in [1.165, 1.54) is 5.56 Å². The van der Waals surface area contributed by atoms with Crippen molar-refractivity contribution in [2.45, 2.75) is 13.0 Å². The van der Waals surface area contributed by atoms with Crippen LogP contribution in [0.25, 0.3) is 0 Å². The third-order valence-corrected chi connectivity index (χ3v) is 3.49. The molecule has 1 aliphatic rings. The summed E-state index contributed by atoms with van der Waals surface area (Å²) in [6.07, 6.45) is 4.40. The lowest BCUT2D eigenvalue weighted by Crippen LogP contribution is -2.11. The third-order valence-electron chi connectivity index (χ3n) is 3.49. The molecule has 0 saturated heterocycles. The lowest BCUT2D eigenvalue weighted by atomic mass is 10.1. The molecular formula is C15H18N4O2. The average molecular weight is 286 g/mol. The first-order chi connectivity index (χ1) is 10.3. The van der Waals surface area contributed by atoms with Gasteiger partial charge in [0.25, 0.3) is 5.91 Å². The Labute approximate surface area is 123 Å². The lowest BCUT2D eigenvalue weighted by Gasteiger charge is -2.05. The number of aromatic nitrogens is 2. The highest BCUT2D eigenvalue weighted by molar-refractivity contribution is 6.04. The Hall–Kier alpha value is -2.34. The fraction of sp³-hybridized carbons (Fsp3) is 0.333. The molecule has 21 heavy (non-hydrogen) atoms. The van der Waals surface area contributed by atoms with Crippen LogP contribution in [0.4, 0.5) is 11.4 Å². The van der Waals surface area contributed by atoms with E-state index in [1.807, 2.05) is 18.2 Å². The van der Waals surface area contributed by atoms with Gasteiger partial charge in [-0.15, -0.1) is 0 Å². The number of hydrogen-bond acceptors (Lipinski definition) is 4. The summed E-state index contributed by atoms with van der Waals surface area (Å²) in [6, 6.07) is 5.74. The van der Waals surface area contributed by atoms with Gasteiger partial charge in [-0.2, -0.15) is 5.10 Å². The number of carbonyl (C=O) groups excluding carboxylic acids is 1. The van der Waals surface area contributed by atoms with Crippen LogP contribution in [0.15, 0.2) is 30.6 Å². The van der Waals surface area contributed by atoms with Crippen molar-refractivity contribution in [2.24, 2.45) is 0 Å². The minimum atomic E-state index is -0.115. The van der Waals surface area contributed by atoms with Crippen LogP contribution in [0.1, 0.15) is 15.9 Å². The number of rotatable bonds is 5. The zero-order chi connectivity index (χ0) is 14.7. The van der Waals surface area contributed by atoms with Gasteiger partial charge in [0.05, 0.1) is 25.0 Å². The number of nitrogens with zero attached hydrogens (tertiary/aromatic N) is 2. The first-order valence-electron chi connectivity index (χ1n) is 6.96. The Morgan fingerprint density at radius 1 is 1.52 bits per heavy atom. The van der Waals surface area contributed by atoms with E-state index in [4.69, 9.17) is 4.74 Å². The second-order valence-electron chi connectivity index (χ2n) is 4.99. The lowest BCUT2D eigenvalue weighted by molar-refractivity contribution is 0.102. The second-order valence-corrected chi connectivity index (χ2v) is 4.99. The number of hydrogen-bond donors (Lipinski definition) is 2. The Bertz CT molecular complexity index is 651. The quantitative estimate of drug-likeness (QED) is 0.878. The van der Waals surface area contributed by atoms with Crippen LogP contribution in [-0.2, 0) is 17.7 Å². The van der Waals surface area contributed by atoms with E-state index in [2.05, 4.69) is 15.7 Å². The number of benzene rings is 1. The predicted molar refractivity (Wildman–Crippen MR) is 80.7 cm³/mol. The van der Waals surface area contributed by atoms with Crippen LogP contribution in [0.2, 0.25) is 0 Å². The molecule has 110 valence electrons. The van der Waals surface area contributed by atoms with E-state index in [-0.39, 0.29) is 5.91 Å². The van der Waals surface area contributed by atoms with Gasteiger partial charge in [-0.25, -0.2) is 0 Å². The van der Waals surface area contributed by atoms with Gasteiger partial charge in [0, 0.05) is 31.1 Å². The minimum Gasteiger partial charge on any atom is -0.384 e. The van der Waals surface area contributed by atoms with Crippen molar-refractivity contribution >= 4 is 17.3 Å². The van der Waals surface area contributed by atoms with E-state index in [0.29, 0.717) is 24.4 Å². The molecule has 6 nitrogen and oxygen atoms in total. The summed E-state index contributed by atoms with van der Waals surface area (Å²) in [7, 11) is 1.65. The Morgan fingerprint density at radius 2 is 2.43 bits per heavy atom. The molecule has 1 aromatic carbocycles. The van der Waals surface area contributed by atoms with Crippen LogP contribution >= 0.6 is 0 Å². The summed E-state index contributed by atoms with van der Waals surface area (Å²) >= 11 is 0. The topological polar surface area (TPSA) is 68.2 Å². The van der Waals surface area contributed by atoms with Crippen molar-refractivity contribution in [2.75, 3.05) is 30.9 Å². The SMILES string of the molecule is COCCn1cc(NC(=O)c2ccc3c(c2)CCN3)cn1. The highest BCUT2D eigenvalue weighted by Gasteiger charge is 2.14. The molecule has 1 aliphatic heterocycles. The summed E-state index contributed by atoms with van der Waals surface area (Å²) in [5.41, 5.74) is 3.68. The van der Waals surface area contributed by atoms with Crippen molar-refractivity contribution < 1.29 is 9.53 Å². The van der Waals surface area contributed by atoms with E-state index < -0.39 is 0 Å². The number of methoxy groups -OCH3 is 1. The fourth-order valence-electron chi connectivity index (χ4n) is 2.38. The molecule has 6 heteroatoms. The van der Waals surface area contributed by atoms with Gasteiger partial charge in [-0.1, -0.05) is 0 Å². The largest absolute Gasteiger partial charge is 0.384 e. The molecule has 0 spiro atoms. The third kappa shape index (κ3) is 3.05. The van der Waals surface area contributed by atoms with Gasteiger partial charge in [0.15, 0.2) is 0 Å². The van der Waals surface area contributed by atoms with Crippen LogP contribution < -0.4 is 10.6 Å². The normalized spacial score (nSPS) is 12.8. The van der Waals surface area contributed by atoms with Gasteiger partial charge in [0.2, 0.25) is 0 Å². The fourth-order valence-corrected chi connectivity index (χ4v) is 2.38. The summed E-state index contributed by atoms with van der Waals surface area (Å²) in [5.74, 6) is -0.115. The molecule has 1 aromatic heterocycles. The summed E-state index contributed by atoms with van der Waals surface area (Å²) in [5, 5.41) is 10.3. The molecule has 0 bridgehead atoms. The molecule has 2 aromatic rings. The van der Waals surface area contributed by atoms with E-state index in [9.17, 15) is 4.79 Å². The molecule has 2 N–H and O–H groups in total. The highest BCUT2D eigenvalue weighted by atomic mass is 16.5. The van der Waals surface area contributed by atoms with Gasteiger partial charge in [-0.05, 0) is 30.2 Å². The highest BCUT2D eigenvalue weighted by Crippen LogP contribution is 2.23. The number of nitrogens with one attached hydrogen (secondary N) is 2. The van der Waals surface area contributed by atoms with Gasteiger partial charge in [-0.3, -0.25) is 9.48 Å². The summed E-state index contributed by atoms with van der Waals surface area (Å²) < 4.78 is 6.74. The average Bonchev–Trinajstić information content (AvgIpc) is 3.12. The summed E-state index contributed by atoms with van der Waals surface area (Å²) in [6.45, 7) is 2.19. The molecule has 0 unspecified atom stereocenters. The zero-order valence-electron chi connectivity index (χ0n) is 11.9. The molecule has 1 amide bonds. The van der Waals surface area contributed by atoms with Gasteiger partial charge >= 0.3 is 0 Å². The van der Waals surface area contributed by atoms with Crippen molar-refractivity contribution in [1.82, 2.24) is 9.78 Å². The van der Waals surface area contributed by atoms with Gasteiger partial charge in [0.1, 0.15) is 0 Å². The maximum absolute atomic E-state index is 12.2. The van der Waals surface area contributed by atoms with Gasteiger partial charge < -0.3 is 15.4 Å². The Balaban J connectivity index is 1.67. The molecule has 3 rings (SSSR count). The summed E-state index contributed by atoms with van der Waals surface area (Å²) in [4.78, 5) is 12.2. The van der Waals surface area contributed by atoms with Crippen LogP contribution in [0.3, 0.4) is 0 Å². The smallest absolute Gasteiger partial charge is 0.255 e. The number of fused-ring (bicyclic) bond motifs is 1. The Morgan fingerprint density at radius 3 is 3.29 bits per heavy atom. The minimum absolute atomic E-state index is 0.115. The number of carbonyl (C=O) groups is 1. The molecule has 0 atom stereocenters. The molecular weight excluding hydrogens is 268 g/mol. The van der Waals surface area contributed by atoms with Crippen molar-refractivity contribution in [1.29, 1.82) is 0 Å². The number of anilines is 2. The molecule has 2 heterocycles. The van der Waals surface area contributed by atoms with E-state index >= 15 is 0 Å². The predicted octanol–water partition coefficient (Wildman–Crippen LogP) is 1.75. The molecule has 0 saturated carbocycles. The molecule has 0 aliphatic carbocycles. The molecule has 0 radical (unpaired) electrons. The van der Waals surface area contributed by atoms with E-state index in [1.54, 1.807) is 24.2 Å². The zero-order valence-corrected chi connectivity index (χ0v) is 11.9. The maximum atomic E-state index is 12.2. The van der Waals surface area contributed by atoms with Crippen molar-refractivity contribution in [3.63, 3.8) is 0 Å².